The van der Waals surface area contributed by atoms with Crippen molar-refractivity contribution in [3.8, 4) is 0 Å². The second kappa shape index (κ2) is 5.99. The van der Waals surface area contributed by atoms with Gasteiger partial charge < -0.3 is 15.1 Å². The van der Waals surface area contributed by atoms with Gasteiger partial charge in [-0.15, -0.1) is 0 Å². The number of nitrogens with one attached hydrogen (secondary N) is 1. The molecule has 2 rings (SSSR count). The summed E-state index contributed by atoms with van der Waals surface area (Å²) in [4.78, 5) is 5.07. The highest BCUT2D eigenvalue weighted by Gasteiger charge is 2.23. The first kappa shape index (κ1) is 12.3. The van der Waals surface area contributed by atoms with Crippen LogP contribution in [0.25, 0.3) is 0 Å². The van der Waals surface area contributed by atoms with E-state index in [1.54, 1.807) is 0 Å². The Bertz CT molecular complexity index is 193. The fourth-order valence-corrected chi connectivity index (χ4v) is 3.07. The molecule has 2 heterocycles. The van der Waals surface area contributed by atoms with E-state index in [1.807, 2.05) is 0 Å². The number of nitrogens with zero attached hydrogens (tertiary/aromatic N) is 2. The van der Waals surface area contributed by atoms with Crippen LogP contribution in [-0.4, -0.2) is 62.7 Å². The Morgan fingerprint density at radius 2 is 2.00 bits per heavy atom. The highest BCUT2D eigenvalue weighted by atomic mass is 15.2. The summed E-state index contributed by atoms with van der Waals surface area (Å²) in [5, 5.41) is 3.52. The maximum Gasteiger partial charge on any atom is 0.0117 e. The molecule has 0 aromatic carbocycles. The van der Waals surface area contributed by atoms with Crippen molar-refractivity contribution in [1.82, 2.24) is 15.1 Å². The van der Waals surface area contributed by atoms with E-state index >= 15 is 0 Å². The molecule has 2 aliphatic rings. The fourth-order valence-electron chi connectivity index (χ4n) is 3.07. The summed E-state index contributed by atoms with van der Waals surface area (Å²) >= 11 is 0. The molecule has 1 atom stereocenters. The van der Waals surface area contributed by atoms with Crippen molar-refractivity contribution < 1.29 is 0 Å². The summed E-state index contributed by atoms with van der Waals surface area (Å²) < 4.78 is 0. The van der Waals surface area contributed by atoms with Gasteiger partial charge in [-0.3, -0.25) is 0 Å². The van der Waals surface area contributed by atoms with E-state index in [1.165, 1.54) is 58.4 Å². The first-order valence-corrected chi connectivity index (χ1v) is 6.85. The van der Waals surface area contributed by atoms with E-state index in [0.29, 0.717) is 0 Å². The number of piperidine rings is 2. The van der Waals surface area contributed by atoms with Crippen molar-refractivity contribution in [2.75, 3.05) is 46.8 Å². The lowest BCUT2D eigenvalue weighted by atomic mass is 9.97. The van der Waals surface area contributed by atoms with E-state index in [0.717, 1.165) is 12.0 Å². The predicted octanol–water partition coefficient (Wildman–Crippen LogP) is 1.01. The normalized spacial score (nSPS) is 29.8. The summed E-state index contributed by atoms with van der Waals surface area (Å²) in [6.07, 6.45) is 5.50. The topological polar surface area (TPSA) is 18.5 Å². The van der Waals surface area contributed by atoms with Gasteiger partial charge in [0, 0.05) is 12.6 Å². The molecule has 0 aromatic heterocycles. The number of likely N-dealkylation sites (tertiary alicyclic amines) is 1. The van der Waals surface area contributed by atoms with E-state index in [9.17, 15) is 0 Å². The van der Waals surface area contributed by atoms with E-state index in [2.05, 4.69) is 29.2 Å². The molecule has 3 nitrogen and oxygen atoms in total. The van der Waals surface area contributed by atoms with Crippen LogP contribution in [0.2, 0.25) is 0 Å². The molecule has 0 spiro atoms. The molecule has 1 N–H and O–H groups in total. The number of hydrogen-bond acceptors (Lipinski definition) is 3. The molecule has 0 amide bonds. The summed E-state index contributed by atoms with van der Waals surface area (Å²) in [6.45, 7) is 6.31. The van der Waals surface area contributed by atoms with Gasteiger partial charge in [-0.1, -0.05) is 0 Å². The van der Waals surface area contributed by atoms with Gasteiger partial charge in [0.2, 0.25) is 0 Å². The van der Waals surface area contributed by atoms with Gasteiger partial charge in [0.25, 0.3) is 0 Å². The first-order chi connectivity index (χ1) is 7.75. The van der Waals surface area contributed by atoms with Crippen molar-refractivity contribution in [2.45, 2.75) is 31.7 Å². The zero-order chi connectivity index (χ0) is 11.4. The average Bonchev–Trinajstić information content (AvgIpc) is 2.31. The summed E-state index contributed by atoms with van der Waals surface area (Å²) in [5.41, 5.74) is 0. The average molecular weight is 225 g/mol. The molecule has 0 aromatic rings. The molecular formula is C13H27N3. The van der Waals surface area contributed by atoms with Crippen molar-refractivity contribution in [2.24, 2.45) is 5.92 Å². The van der Waals surface area contributed by atoms with Gasteiger partial charge in [-0.2, -0.15) is 0 Å². The number of rotatable bonds is 3. The Labute approximate surface area is 100 Å². The van der Waals surface area contributed by atoms with E-state index in [-0.39, 0.29) is 0 Å². The smallest absolute Gasteiger partial charge is 0.0117 e. The maximum absolute atomic E-state index is 3.52. The summed E-state index contributed by atoms with van der Waals surface area (Å²) in [5.74, 6) is 0.887. The van der Waals surface area contributed by atoms with Crippen molar-refractivity contribution >= 4 is 0 Å². The third kappa shape index (κ3) is 3.44. The molecule has 2 saturated heterocycles. The summed E-state index contributed by atoms with van der Waals surface area (Å²) in [7, 11) is 4.56. The van der Waals surface area contributed by atoms with E-state index in [4.69, 9.17) is 0 Å². The van der Waals surface area contributed by atoms with Gasteiger partial charge in [0.15, 0.2) is 0 Å². The van der Waals surface area contributed by atoms with Crippen molar-refractivity contribution in [3.63, 3.8) is 0 Å². The molecule has 0 saturated carbocycles. The standard InChI is InChI=1S/C13H27N3/c1-15-8-5-13(6-9-15)16(2)11-12-4-3-7-14-10-12/h12-14H,3-11H2,1-2H3/t12-/m0/s1. The minimum atomic E-state index is 0.832. The molecule has 16 heavy (non-hydrogen) atoms. The Morgan fingerprint density at radius 3 is 2.62 bits per heavy atom. The van der Waals surface area contributed by atoms with Gasteiger partial charge >= 0.3 is 0 Å². The summed E-state index contributed by atoms with van der Waals surface area (Å²) in [6, 6.07) is 0.832. The van der Waals surface area contributed by atoms with Crippen LogP contribution in [0.3, 0.4) is 0 Å². The molecule has 3 heteroatoms. The van der Waals surface area contributed by atoms with Crippen LogP contribution in [-0.2, 0) is 0 Å². The van der Waals surface area contributed by atoms with Gasteiger partial charge in [0.1, 0.15) is 0 Å². The highest BCUT2D eigenvalue weighted by Crippen LogP contribution is 2.18. The first-order valence-electron chi connectivity index (χ1n) is 6.85. The Hall–Kier alpha value is -0.120. The van der Waals surface area contributed by atoms with Crippen LogP contribution in [0.4, 0.5) is 0 Å². The molecule has 2 fully saturated rings. The Morgan fingerprint density at radius 1 is 1.25 bits per heavy atom. The largest absolute Gasteiger partial charge is 0.316 e. The Kier molecular flexibility index (Phi) is 4.62. The Balaban J connectivity index is 1.72. The molecule has 94 valence electrons. The lowest BCUT2D eigenvalue weighted by Crippen LogP contribution is -2.45. The molecule has 0 bridgehead atoms. The van der Waals surface area contributed by atoms with Crippen LogP contribution < -0.4 is 5.32 Å². The molecule has 2 aliphatic heterocycles. The second-order valence-corrected chi connectivity index (χ2v) is 5.69. The molecule has 0 aliphatic carbocycles. The van der Waals surface area contributed by atoms with Gasteiger partial charge in [0.05, 0.1) is 0 Å². The fraction of sp³-hybridized carbons (Fsp3) is 1.00. The molecular weight excluding hydrogens is 198 g/mol. The van der Waals surface area contributed by atoms with Crippen molar-refractivity contribution in [3.05, 3.63) is 0 Å². The van der Waals surface area contributed by atoms with Gasteiger partial charge in [-0.25, -0.2) is 0 Å². The van der Waals surface area contributed by atoms with Crippen LogP contribution in [0.1, 0.15) is 25.7 Å². The van der Waals surface area contributed by atoms with E-state index < -0.39 is 0 Å². The lowest BCUT2D eigenvalue weighted by molar-refractivity contribution is 0.123. The van der Waals surface area contributed by atoms with Crippen LogP contribution in [0.5, 0.6) is 0 Å². The lowest BCUT2D eigenvalue weighted by Gasteiger charge is -2.37. The molecule has 0 unspecified atom stereocenters. The van der Waals surface area contributed by atoms with Gasteiger partial charge in [-0.05, 0) is 71.9 Å². The minimum Gasteiger partial charge on any atom is -0.316 e. The van der Waals surface area contributed by atoms with Crippen molar-refractivity contribution in [1.29, 1.82) is 0 Å². The predicted molar refractivity (Wildman–Crippen MR) is 68.7 cm³/mol. The monoisotopic (exact) mass is 225 g/mol. The minimum absolute atomic E-state index is 0.832. The quantitative estimate of drug-likeness (QED) is 0.773. The van der Waals surface area contributed by atoms with Crippen LogP contribution in [0, 0.1) is 5.92 Å². The highest BCUT2D eigenvalue weighted by molar-refractivity contribution is 4.79. The third-order valence-corrected chi connectivity index (χ3v) is 4.26. The SMILES string of the molecule is CN1CCC(N(C)C[C@H]2CCCNC2)CC1. The maximum atomic E-state index is 3.52. The van der Waals surface area contributed by atoms with Crippen LogP contribution in [0.15, 0.2) is 0 Å². The molecule has 0 radical (unpaired) electrons. The zero-order valence-corrected chi connectivity index (χ0v) is 10.9. The van der Waals surface area contributed by atoms with Crippen LogP contribution >= 0.6 is 0 Å². The second-order valence-electron chi connectivity index (χ2n) is 5.69. The number of hydrogen-bond donors (Lipinski definition) is 1. The third-order valence-electron chi connectivity index (χ3n) is 4.26. The zero-order valence-electron chi connectivity index (χ0n) is 10.9.